The Balaban J connectivity index is 2.04. The van der Waals surface area contributed by atoms with Gasteiger partial charge in [0.25, 0.3) is 0 Å². The van der Waals surface area contributed by atoms with Gasteiger partial charge in [-0.2, -0.15) is 0 Å². The summed E-state index contributed by atoms with van der Waals surface area (Å²) in [5, 5.41) is 0. The molecule has 0 unspecified atom stereocenters. The third-order valence-corrected chi connectivity index (χ3v) is 3.02. The van der Waals surface area contributed by atoms with E-state index in [0.29, 0.717) is 11.4 Å². The minimum atomic E-state index is 0.690. The van der Waals surface area contributed by atoms with Crippen molar-refractivity contribution in [2.24, 2.45) is 0 Å². The van der Waals surface area contributed by atoms with Crippen LogP contribution < -0.4 is 0 Å². The first kappa shape index (κ1) is 10.9. The number of aromatic amines is 1. The van der Waals surface area contributed by atoms with E-state index >= 15 is 0 Å². The lowest BCUT2D eigenvalue weighted by atomic mass is 10.1. The topological polar surface area (TPSA) is 80.5 Å². The van der Waals surface area contributed by atoms with Crippen molar-refractivity contribution in [2.75, 3.05) is 0 Å². The lowest BCUT2D eigenvalue weighted by molar-refractivity contribution is 0.580. The predicted octanol–water partition coefficient (Wildman–Crippen LogP) is 2.67. The lowest BCUT2D eigenvalue weighted by Gasteiger charge is -2.06. The number of pyridine rings is 1. The van der Waals surface area contributed by atoms with Gasteiger partial charge in [0.1, 0.15) is 17.5 Å². The van der Waals surface area contributed by atoms with Crippen molar-refractivity contribution in [3.05, 3.63) is 49.4 Å². The van der Waals surface area contributed by atoms with Crippen molar-refractivity contribution in [2.45, 2.75) is 0 Å². The molecule has 4 aromatic rings. The van der Waals surface area contributed by atoms with Crippen LogP contribution in [0.2, 0.25) is 0 Å². The zero-order valence-electron chi connectivity index (χ0n) is 10.3. The molecule has 0 fully saturated rings. The van der Waals surface area contributed by atoms with E-state index in [4.69, 9.17) is 4.42 Å². The molecule has 96 valence electrons. The SMILES string of the molecule is c1coc(-c2nc3[nH]cnc3cc2-c2ccncn2)c1. The number of aromatic nitrogens is 5. The fourth-order valence-electron chi connectivity index (χ4n) is 2.12. The fourth-order valence-corrected chi connectivity index (χ4v) is 2.12. The van der Waals surface area contributed by atoms with Gasteiger partial charge in [-0.25, -0.2) is 19.9 Å². The minimum Gasteiger partial charge on any atom is -0.463 e. The maximum absolute atomic E-state index is 5.47. The molecule has 6 heteroatoms. The van der Waals surface area contributed by atoms with Crippen molar-refractivity contribution < 1.29 is 4.42 Å². The molecule has 6 nitrogen and oxygen atoms in total. The van der Waals surface area contributed by atoms with Crippen LogP contribution in [0.3, 0.4) is 0 Å². The second-order valence-electron chi connectivity index (χ2n) is 4.23. The summed E-state index contributed by atoms with van der Waals surface area (Å²) in [6.07, 6.45) is 6.45. The van der Waals surface area contributed by atoms with Gasteiger partial charge < -0.3 is 9.40 Å². The highest BCUT2D eigenvalue weighted by atomic mass is 16.3. The Morgan fingerprint density at radius 1 is 1.15 bits per heavy atom. The quantitative estimate of drug-likeness (QED) is 0.601. The third-order valence-electron chi connectivity index (χ3n) is 3.02. The molecule has 0 aromatic carbocycles. The van der Waals surface area contributed by atoms with Gasteiger partial charge >= 0.3 is 0 Å². The monoisotopic (exact) mass is 263 g/mol. The van der Waals surface area contributed by atoms with Gasteiger partial charge in [0.2, 0.25) is 0 Å². The smallest absolute Gasteiger partial charge is 0.157 e. The van der Waals surface area contributed by atoms with Crippen LogP contribution in [-0.4, -0.2) is 24.9 Å². The van der Waals surface area contributed by atoms with Crippen molar-refractivity contribution >= 4 is 11.2 Å². The van der Waals surface area contributed by atoms with Gasteiger partial charge in [-0.3, -0.25) is 0 Å². The van der Waals surface area contributed by atoms with E-state index in [1.807, 2.05) is 24.3 Å². The summed E-state index contributed by atoms with van der Waals surface area (Å²) >= 11 is 0. The molecule has 20 heavy (non-hydrogen) atoms. The number of imidazole rings is 1. The second kappa shape index (κ2) is 4.27. The van der Waals surface area contributed by atoms with Gasteiger partial charge in [0.05, 0.1) is 18.3 Å². The molecular weight excluding hydrogens is 254 g/mol. The number of hydrogen-bond acceptors (Lipinski definition) is 5. The second-order valence-corrected chi connectivity index (χ2v) is 4.23. The maximum Gasteiger partial charge on any atom is 0.157 e. The average molecular weight is 263 g/mol. The van der Waals surface area contributed by atoms with Crippen molar-refractivity contribution in [1.82, 2.24) is 24.9 Å². The number of rotatable bonds is 2. The number of fused-ring (bicyclic) bond motifs is 1. The van der Waals surface area contributed by atoms with Crippen LogP contribution in [-0.2, 0) is 0 Å². The van der Waals surface area contributed by atoms with Crippen LogP contribution in [0.15, 0.2) is 53.8 Å². The van der Waals surface area contributed by atoms with E-state index in [-0.39, 0.29) is 0 Å². The Bertz CT molecular complexity index is 852. The number of H-pyrrole nitrogens is 1. The van der Waals surface area contributed by atoms with Crippen molar-refractivity contribution in [3.8, 4) is 22.7 Å². The molecule has 0 aliphatic heterocycles. The van der Waals surface area contributed by atoms with E-state index in [2.05, 4.69) is 24.9 Å². The van der Waals surface area contributed by atoms with Gasteiger partial charge in [0.15, 0.2) is 11.4 Å². The first-order valence-electron chi connectivity index (χ1n) is 6.06. The molecule has 4 aromatic heterocycles. The molecule has 1 N–H and O–H groups in total. The van der Waals surface area contributed by atoms with E-state index < -0.39 is 0 Å². The standard InChI is InChI=1S/C14H9N5O/c1-2-12(20-5-1)13-9(10-3-4-15-7-16-10)6-11-14(19-13)18-8-17-11/h1-8H,(H,17,18,19). The molecule has 0 aliphatic rings. The van der Waals surface area contributed by atoms with Gasteiger partial charge in [0, 0.05) is 11.8 Å². The normalized spacial score (nSPS) is 11.0. The largest absolute Gasteiger partial charge is 0.463 e. The third kappa shape index (κ3) is 1.66. The number of nitrogens with zero attached hydrogens (tertiary/aromatic N) is 4. The summed E-state index contributed by atoms with van der Waals surface area (Å²) in [5.74, 6) is 0.690. The van der Waals surface area contributed by atoms with Gasteiger partial charge in [-0.05, 0) is 24.3 Å². The summed E-state index contributed by atoms with van der Waals surface area (Å²) in [7, 11) is 0. The highest BCUT2D eigenvalue weighted by Crippen LogP contribution is 2.31. The molecule has 0 atom stereocenters. The summed E-state index contributed by atoms with van der Waals surface area (Å²) in [6, 6.07) is 7.48. The molecule has 0 saturated heterocycles. The predicted molar refractivity (Wildman–Crippen MR) is 72.6 cm³/mol. The first-order chi connectivity index (χ1) is 9.92. The van der Waals surface area contributed by atoms with Crippen LogP contribution in [0, 0.1) is 0 Å². The Labute approximate surface area is 113 Å². The molecule has 4 heterocycles. The van der Waals surface area contributed by atoms with Crippen LogP contribution in [0.5, 0.6) is 0 Å². The highest BCUT2D eigenvalue weighted by molar-refractivity contribution is 5.86. The summed E-state index contributed by atoms with van der Waals surface area (Å²) in [4.78, 5) is 20.0. The molecular formula is C14H9N5O. The zero-order valence-corrected chi connectivity index (χ0v) is 10.3. The van der Waals surface area contributed by atoms with Crippen molar-refractivity contribution in [3.63, 3.8) is 0 Å². The minimum absolute atomic E-state index is 0.690. The lowest BCUT2D eigenvalue weighted by Crippen LogP contribution is -1.92. The molecule has 0 saturated carbocycles. The Morgan fingerprint density at radius 3 is 2.95 bits per heavy atom. The molecule has 4 rings (SSSR count). The van der Waals surface area contributed by atoms with Crippen molar-refractivity contribution in [1.29, 1.82) is 0 Å². The van der Waals surface area contributed by atoms with Gasteiger partial charge in [-0.1, -0.05) is 0 Å². The highest BCUT2D eigenvalue weighted by Gasteiger charge is 2.15. The van der Waals surface area contributed by atoms with Crippen LogP contribution in [0.4, 0.5) is 0 Å². The average Bonchev–Trinajstić information content (AvgIpc) is 3.17. The number of nitrogens with one attached hydrogen (secondary N) is 1. The summed E-state index contributed by atoms with van der Waals surface area (Å²) in [5.41, 5.74) is 3.87. The van der Waals surface area contributed by atoms with Crippen LogP contribution in [0.25, 0.3) is 33.9 Å². The van der Waals surface area contributed by atoms with Crippen LogP contribution in [0.1, 0.15) is 0 Å². The van der Waals surface area contributed by atoms with Gasteiger partial charge in [-0.15, -0.1) is 0 Å². The fraction of sp³-hybridized carbons (Fsp3) is 0. The molecule has 0 amide bonds. The molecule has 0 radical (unpaired) electrons. The summed E-state index contributed by atoms with van der Waals surface area (Å²) in [6.45, 7) is 0. The number of furan rings is 1. The first-order valence-corrected chi connectivity index (χ1v) is 6.06. The zero-order chi connectivity index (χ0) is 13.4. The van der Waals surface area contributed by atoms with E-state index in [1.165, 1.54) is 6.33 Å². The van der Waals surface area contributed by atoms with E-state index in [0.717, 1.165) is 22.5 Å². The van der Waals surface area contributed by atoms with E-state index in [1.54, 1.807) is 18.8 Å². The molecule has 0 spiro atoms. The maximum atomic E-state index is 5.47. The molecule has 0 bridgehead atoms. The Kier molecular flexibility index (Phi) is 2.32. The Hall–Kier alpha value is -3.02. The molecule has 0 aliphatic carbocycles. The van der Waals surface area contributed by atoms with E-state index in [9.17, 15) is 0 Å². The summed E-state index contributed by atoms with van der Waals surface area (Å²) < 4.78 is 5.47. The Morgan fingerprint density at radius 2 is 2.15 bits per heavy atom. The van der Waals surface area contributed by atoms with Crippen LogP contribution >= 0.6 is 0 Å². The number of hydrogen-bond donors (Lipinski definition) is 1.